The van der Waals surface area contributed by atoms with Gasteiger partial charge >= 0.3 is 0 Å². The minimum atomic E-state index is -0.515. The first kappa shape index (κ1) is 17.2. The summed E-state index contributed by atoms with van der Waals surface area (Å²) in [5.74, 6) is -0.546. The largest absolute Gasteiger partial charge is 0.350 e. The predicted octanol–water partition coefficient (Wildman–Crippen LogP) is 4.55. The third-order valence-corrected chi connectivity index (χ3v) is 4.48. The Morgan fingerprint density at radius 1 is 1.00 bits per heavy atom. The number of rotatable bonds is 4. The number of benzene rings is 2. The van der Waals surface area contributed by atoms with Crippen molar-refractivity contribution in [3.8, 4) is 0 Å². The summed E-state index contributed by atoms with van der Waals surface area (Å²) >= 11 is 6.14. The Morgan fingerprint density at radius 3 is 2.28 bits per heavy atom. The van der Waals surface area contributed by atoms with E-state index in [1.54, 1.807) is 18.2 Å². The highest BCUT2D eigenvalue weighted by Gasteiger charge is 2.38. The molecular weight excluding hydrogens is 336 g/mol. The van der Waals surface area contributed by atoms with Gasteiger partial charge < -0.3 is 5.32 Å². The molecule has 1 N–H and O–H groups in total. The highest BCUT2D eigenvalue weighted by atomic mass is 35.5. The first-order chi connectivity index (χ1) is 11.9. The number of carbonyl (C=O) groups is 2. The summed E-state index contributed by atoms with van der Waals surface area (Å²) in [6.07, 6.45) is 0. The van der Waals surface area contributed by atoms with Crippen molar-refractivity contribution in [3.63, 3.8) is 0 Å². The summed E-state index contributed by atoms with van der Waals surface area (Å²) in [5, 5.41) is 2.89. The number of carbonyl (C=O) groups excluding carboxylic acids is 2. The second kappa shape index (κ2) is 6.73. The SMILES string of the molecule is Cc1cccc(N2C(=O)C(Cl)=C(Nc3ccc(C(C)C)cc3)C2=O)c1. The van der Waals surface area contributed by atoms with Crippen LogP contribution in [0, 0.1) is 6.92 Å². The molecule has 1 heterocycles. The van der Waals surface area contributed by atoms with Gasteiger partial charge in [0.2, 0.25) is 0 Å². The average Bonchev–Trinajstić information content (AvgIpc) is 2.79. The van der Waals surface area contributed by atoms with Crippen molar-refractivity contribution in [1.29, 1.82) is 0 Å². The van der Waals surface area contributed by atoms with E-state index in [9.17, 15) is 9.59 Å². The molecule has 0 bridgehead atoms. The molecule has 0 fully saturated rings. The van der Waals surface area contributed by atoms with Crippen molar-refractivity contribution in [2.24, 2.45) is 0 Å². The number of anilines is 2. The molecule has 2 aromatic carbocycles. The normalized spacial score (nSPS) is 14.7. The van der Waals surface area contributed by atoms with E-state index in [-0.39, 0.29) is 10.7 Å². The summed E-state index contributed by atoms with van der Waals surface area (Å²) in [4.78, 5) is 26.3. The second-order valence-corrected chi connectivity index (χ2v) is 6.75. The molecule has 2 amide bonds. The number of aryl methyl sites for hydroxylation is 1. The fourth-order valence-electron chi connectivity index (χ4n) is 2.71. The lowest BCUT2D eigenvalue weighted by atomic mass is 10.0. The summed E-state index contributed by atoms with van der Waals surface area (Å²) in [5.41, 5.74) is 3.48. The first-order valence-corrected chi connectivity index (χ1v) is 8.48. The van der Waals surface area contributed by atoms with Gasteiger partial charge in [0, 0.05) is 5.69 Å². The minimum Gasteiger partial charge on any atom is -0.350 e. The highest BCUT2D eigenvalue weighted by Crippen LogP contribution is 2.30. The predicted molar refractivity (Wildman–Crippen MR) is 101 cm³/mol. The zero-order valence-electron chi connectivity index (χ0n) is 14.3. The molecule has 4 nitrogen and oxygen atoms in total. The maximum Gasteiger partial charge on any atom is 0.283 e. The summed E-state index contributed by atoms with van der Waals surface area (Å²) in [6.45, 7) is 6.13. The van der Waals surface area contributed by atoms with E-state index >= 15 is 0 Å². The number of nitrogens with zero attached hydrogens (tertiary/aromatic N) is 1. The lowest BCUT2D eigenvalue weighted by molar-refractivity contribution is -0.120. The first-order valence-electron chi connectivity index (χ1n) is 8.10. The Balaban J connectivity index is 1.87. The summed E-state index contributed by atoms with van der Waals surface area (Å²) < 4.78 is 0. The van der Waals surface area contributed by atoms with Crippen molar-refractivity contribution in [3.05, 3.63) is 70.4 Å². The fraction of sp³-hybridized carbons (Fsp3) is 0.200. The maximum atomic E-state index is 12.7. The van der Waals surface area contributed by atoms with Crippen LogP contribution in [-0.4, -0.2) is 11.8 Å². The fourth-order valence-corrected chi connectivity index (χ4v) is 2.92. The van der Waals surface area contributed by atoms with Gasteiger partial charge in [-0.3, -0.25) is 9.59 Å². The number of halogens is 1. The van der Waals surface area contributed by atoms with E-state index in [1.807, 2.05) is 37.3 Å². The second-order valence-electron chi connectivity index (χ2n) is 6.38. The molecule has 0 aromatic heterocycles. The molecule has 5 heteroatoms. The van der Waals surface area contributed by atoms with Crippen molar-refractivity contribution >= 4 is 34.8 Å². The van der Waals surface area contributed by atoms with Crippen LogP contribution in [0.1, 0.15) is 30.9 Å². The molecule has 0 unspecified atom stereocenters. The van der Waals surface area contributed by atoms with Gasteiger partial charge in [-0.25, -0.2) is 4.90 Å². The van der Waals surface area contributed by atoms with Gasteiger partial charge in [0.05, 0.1) is 5.69 Å². The van der Waals surface area contributed by atoms with E-state index in [0.717, 1.165) is 10.5 Å². The smallest absolute Gasteiger partial charge is 0.283 e. The van der Waals surface area contributed by atoms with Gasteiger partial charge in [0.15, 0.2) is 0 Å². The van der Waals surface area contributed by atoms with Crippen LogP contribution in [0.15, 0.2) is 59.3 Å². The van der Waals surface area contributed by atoms with Crippen LogP contribution >= 0.6 is 11.6 Å². The van der Waals surface area contributed by atoms with Crippen LogP contribution in [0.3, 0.4) is 0 Å². The maximum absolute atomic E-state index is 12.7. The number of imide groups is 1. The Bertz CT molecular complexity index is 870. The molecule has 1 aliphatic rings. The van der Waals surface area contributed by atoms with Crippen molar-refractivity contribution < 1.29 is 9.59 Å². The van der Waals surface area contributed by atoms with Gasteiger partial charge in [0.1, 0.15) is 10.7 Å². The van der Waals surface area contributed by atoms with Gasteiger partial charge in [-0.1, -0.05) is 49.7 Å². The van der Waals surface area contributed by atoms with Crippen molar-refractivity contribution in [2.75, 3.05) is 10.2 Å². The molecule has 0 spiro atoms. The van der Waals surface area contributed by atoms with Gasteiger partial charge in [0.25, 0.3) is 11.8 Å². The summed E-state index contributed by atoms with van der Waals surface area (Å²) in [7, 11) is 0. The monoisotopic (exact) mass is 354 g/mol. The zero-order valence-corrected chi connectivity index (χ0v) is 15.1. The third-order valence-electron chi connectivity index (χ3n) is 4.13. The molecular formula is C20H19ClN2O2. The van der Waals surface area contributed by atoms with Crippen LogP contribution < -0.4 is 10.2 Å². The van der Waals surface area contributed by atoms with Gasteiger partial charge in [-0.15, -0.1) is 0 Å². The summed E-state index contributed by atoms with van der Waals surface area (Å²) in [6, 6.07) is 14.9. The van der Waals surface area contributed by atoms with E-state index in [2.05, 4.69) is 19.2 Å². The molecule has 128 valence electrons. The molecule has 2 aromatic rings. The Kier molecular flexibility index (Phi) is 4.64. The molecule has 25 heavy (non-hydrogen) atoms. The third kappa shape index (κ3) is 3.30. The van der Waals surface area contributed by atoms with Crippen LogP contribution in [-0.2, 0) is 9.59 Å². The quantitative estimate of drug-likeness (QED) is 0.819. The Hall–Kier alpha value is -2.59. The lowest BCUT2D eigenvalue weighted by Crippen LogP contribution is -2.32. The average molecular weight is 355 g/mol. The molecule has 1 aliphatic heterocycles. The standard InChI is InChI=1S/C20H19ClN2O2/c1-12(2)14-7-9-15(10-8-14)22-18-17(21)19(24)23(20(18)25)16-6-4-5-13(3)11-16/h4-12,22H,1-3H3. The van der Waals surface area contributed by atoms with Gasteiger partial charge in [-0.05, 0) is 48.2 Å². The Labute approximate surface area is 152 Å². The van der Waals surface area contributed by atoms with Crippen LogP contribution in [0.2, 0.25) is 0 Å². The number of nitrogens with one attached hydrogen (secondary N) is 1. The van der Waals surface area contributed by atoms with Gasteiger partial charge in [-0.2, -0.15) is 0 Å². The molecule has 3 rings (SSSR count). The topological polar surface area (TPSA) is 49.4 Å². The lowest BCUT2D eigenvalue weighted by Gasteiger charge is -2.15. The van der Waals surface area contributed by atoms with Crippen LogP contribution in [0.25, 0.3) is 0 Å². The van der Waals surface area contributed by atoms with Crippen LogP contribution in [0.5, 0.6) is 0 Å². The molecule has 0 radical (unpaired) electrons. The minimum absolute atomic E-state index is 0.0977. The highest BCUT2D eigenvalue weighted by molar-refractivity contribution is 6.53. The zero-order chi connectivity index (χ0) is 18.1. The van der Waals surface area contributed by atoms with E-state index < -0.39 is 11.8 Å². The Morgan fingerprint density at radius 2 is 1.68 bits per heavy atom. The van der Waals surface area contributed by atoms with Crippen molar-refractivity contribution in [2.45, 2.75) is 26.7 Å². The van der Waals surface area contributed by atoms with E-state index in [0.29, 0.717) is 17.3 Å². The van der Waals surface area contributed by atoms with Crippen LogP contribution in [0.4, 0.5) is 11.4 Å². The number of amides is 2. The molecule has 0 aliphatic carbocycles. The van der Waals surface area contributed by atoms with Crippen molar-refractivity contribution in [1.82, 2.24) is 0 Å². The van der Waals surface area contributed by atoms with E-state index in [4.69, 9.17) is 11.6 Å². The molecule has 0 atom stereocenters. The van der Waals surface area contributed by atoms with E-state index in [1.165, 1.54) is 5.56 Å². The number of hydrogen-bond donors (Lipinski definition) is 1. The molecule has 0 saturated heterocycles. The number of hydrogen-bond acceptors (Lipinski definition) is 3. The molecule has 0 saturated carbocycles.